The molecule has 1 atom stereocenters. The van der Waals surface area contributed by atoms with Gasteiger partial charge in [0.15, 0.2) is 0 Å². The van der Waals surface area contributed by atoms with Gasteiger partial charge in [0.05, 0.1) is 18.1 Å². The number of hydrogen-bond acceptors (Lipinski definition) is 3. The molecule has 23 heavy (non-hydrogen) atoms. The van der Waals surface area contributed by atoms with Crippen LogP contribution in [0.1, 0.15) is 44.1 Å². The molecule has 1 aromatic rings. The minimum absolute atomic E-state index is 0.0579. The van der Waals surface area contributed by atoms with E-state index in [4.69, 9.17) is 4.74 Å². The third kappa shape index (κ3) is 4.33. The number of carbonyl (C=O) groups is 1. The fraction of sp³-hybridized carbons (Fsp3) is 0.632. The van der Waals surface area contributed by atoms with Crippen LogP contribution in [0.3, 0.4) is 0 Å². The zero-order chi connectivity index (χ0) is 16.1. The molecule has 126 valence electrons. The van der Waals surface area contributed by atoms with E-state index in [9.17, 15) is 9.90 Å². The van der Waals surface area contributed by atoms with Crippen LogP contribution < -0.4 is 0 Å². The Morgan fingerprint density at radius 3 is 2.61 bits per heavy atom. The van der Waals surface area contributed by atoms with Crippen molar-refractivity contribution < 1.29 is 14.6 Å². The topological polar surface area (TPSA) is 49.8 Å². The van der Waals surface area contributed by atoms with Crippen molar-refractivity contribution in [1.82, 2.24) is 4.90 Å². The van der Waals surface area contributed by atoms with Crippen LogP contribution in [0.2, 0.25) is 0 Å². The standard InChI is InChI=1S/C19H27NO3/c21-18(17-9-6-12-23-14-17)20(13-16-7-2-1-3-8-16)15-19(22)10-4-5-11-19/h1-3,7-8,17,22H,4-6,9-15H2. The summed E-state index contributed by atoms with van der Waals surface area (Å²) in [6, 6.07) is 10.0. The van der Waals surface area contributed by atoms with Crippen molar-refractivity contribution in [2.24, 2.45) is 5.92 Å². The van der Waals surface area contributed by atoms with E-state index < -0.39 is 5.60 Å². The maximum atomic E-state index is 13.0. The summed E-state index contributed by atoms with van der Waals surface area (Å²) in [5.41, 5.74) is 0.402. The molecule has 0 radical (unpaired) electrons. The van der Waals surface area contributed by atoms with Crippen molar-refractivity contribution in [3.63, 3.8) is 0 Å². The van der Waals surface area contributed by atoms with Crippen molar-refractivity contribution in [1.29, 1.82) is 0 Å². The van der Waals surface area contributed by atoms with E-state index in [0.29, 0.717) is 19.7 Å². The second-order valence-electron chi connectivity index (χ2n) is 7.03. The van der Waals surface area contributed by atoms with Crippen molar-refractivity contribution >= 4 is 5.91 Å². The van der Waals surface area contributed by atoms with Gasteiger partial charge in [0.1, 0.15) is 0 Å². The molecule has 2 fully saturated rings. The molecule has 4 nitrogen and oxygen atoms in total. The Morgan fingerprint density at radius 1 is 1.22 bits per heavy atom. The van der Waals surface area contributed by atoms with Gasteiger partial charge in [-0.2, -0.15) is 0 Å². The third-order valence-electron chi connectivity index (χ3n) is 5.06. The second-order valence-corrected chi connectivity index (χ2v) is 7.03. The Morgan fingerprint density at radius 2 is 1.96 bits per heavy atom. The molecular formula is C19H27NO3. The zero-order valence-corrected chi connectivity index (χ0v) is 13.7. The lowest BCUT2D eigenvalue weighted by atomic mass is 9.97. The predicted molar refractivity (Wildman–Crippen MR) is 88.8 cm³/mol. The second kappa shape index (κ2) is 7.45. The first kappa shape index (κ1) is 16.5. The monoisotopic (exact) mass is 317 g/mol. The molecule has 4 heteroatoms. The molecule has 2 aliphatic rings. The smallest absolute Gasteiger partial charge is 0.228 e. The Balaban J connectivity index is 1.73. The molecule has 1 amide bonds. The summed E-state index contributed by atoms with van der Waals surface area (Å²) in [5, 5.41) is 10.8. The number of hydrogen-bond donors (Lipinski definition) is 1. The Labute approximate surface area is 138 Å². The van der Waals surface area contributed by atoms with Crippen LogP contribution in [0.5, 0.6) is 0 Å². The lowest BCUT2D eigenvalue weighted by Gasteiger charge is -2.34. The van der Waals surface area contributed by atoms with Crippen LogP contribution in [0.15, 0.2) is 30.3 Å². The maximum absolute atomic E-state index is 13.0. The number of ether oxygens (including phenoxy) is 1. The molecule has 1 N–H and O–H groups in total. The number of rotatable bonds is 5. The molecule has 1 aromatic carbocycles. The minimum atomic E-state index is -0.708. The summed E-state index contributed by atoms with van der Waals surface area (Å²) in [4.78, 5) is 14.8. The molecule has 1 heterocycles. The number of carbonyl (C=O) groups excluding carboxylic acids is 1. The first-order chi connectivity index (χ1) is 11.2. The molecule has 1 unspecified atom stereocenters. The first-order valence-corrected chi connectivity index (χ1v) is 8.79. The van der Waals surface area contributed by atoms with E-state index in [1.54, 1.807) is 0 Å². The molecule has 1 aliphatic carbocycles. The Bertz CT molecular complexity index is 505. The lowest BCUT2D eigenvalue weighted by Crippen LogP contribution is -2.47. The first-order valence-electron chi connectivity index (χ1n) is 8.79. The van der Waals surface area contributed by atoms with Crippen LogP contribution in [0.25, 0.3) is 0 Å². The number of aliphatic hydroxyl groups is 1. The molecule has 0 spiro atoms. The molecule has 0 aromatic heterocycles. The SMILES string of the molecule is O=C(C1CCCOC1)N(Cc1ccccc1)CC1(O)CCCC1. The summed E-state index contributed by atoms with van der Waals surface area (Å²) in [6.45, 7) is 2.28. The van der Waals surface area contributed by atoms with Crippen LogP contribution in [-0.2, 0) is 16.1 Å². The van der Waals surface area contributed by atoms with Gasteiger partial charge in [0, 0.05) is 19.7 Å². The van der Waals surface area contributed by atoms with E-state index in [0.717, 1.165) is 50.7 Å². The van der Waals surface area contributed by atoms with Gasteiger partial charge < -0.3 is 14.7 Å². The van der Waals surface area contributed by atoms with E-state index >= 15 is 0 Å². The van der Waals surface area contributed by atoms with Crippen LogP contribution in [-0.4, -0.2) is 41.3 Å². The highest BCUT2D eigenvalue weighted by atomic mass is 16.5. The summed E-state index contributed by atoms with van der Waals surface area (Å²) in [7, 11) is 0. The highest BCUT2D eigenvalue weighted by Crippen LogP contribution is 2.31. The normalized spacial score (nSPS) is 23.6. The predicted octanol–water partition coefficient (Wildman–Crippen LogP) is 2.75. The summed E-state index contributed by atoms with van der Waals surface area (Å²) < 4.78 is 5.49. The largest absolute Gasteiger partial charge is 0.388 e. The molecule has 1 saturated heterocycles. The van der Waals surface area contributed by atoms with Gasteiger partial charge in [-0.05, 0) is 31.2 Å². The average molecular weight is 317 g/mol. The maximum Gasteiger partial charge on any atom is 0.228 e. The van der Waals surface area contributed by atoms with Gasteiger partial charge in [-0.15, -0.1) is 0 Å². The third-order valence-corrected chi connectivity index (χ3v) is 5.06. The number of nitrogens with zero attached hydrogens (tertiary/aromatic N) is 1. The molecule has 1 aliphatic heterocycles. The average Bonchev–Trinajstić information content (AvgIpc) is 3.02. The van der Waals surface area contributed by atoms with E-state index in [-0.39, 0.29) is 11.8 Å². The summed E-state index contributed by atoms with van der Waals surface area (Å²) in [5.74, 6) is 0.0753. The van der Waals surface area contributed by atoms with Gasteiger partial charge in [0.25, 0.3) is 0 Å². The quantitative estimate of drug-likeness (QED) is 0.908. The lowest BCUT2D eigenvalue weighted by molar-refractivity contribution is -0.144. The van der Waals surface area contributed by atoms with Gasteiger partial charge in [-0.1, -0.05) is 43.2 Å². The van der Waals surface area contributed by atoms with Crippen LogP contribution >= 0.6 is 0 Å². The molecular weight excluding hydrogens is 290 g/mol. The molecule has 0 bridgehead atoms. The van der Waals surface area contributed by atoms with Crippen molar-refractivity contribution in [2.45, 2.75) is 50.7 Å². The minimum Gasteiger partial charge on any atom is -0.388 e. The highest BCUT2D eigenvalue weighted by Gasteiger charge is 2.36. The van der Waals surface area contributed by atoms with Crippen LogP contribution in [0, 0.1) is 5.92 Å². The van der Waals surface area contributed by atoms with Crippen molar-refractivity contribution in [2.75, 3.05) is 19.8 Å². The Kier molecular flexibility index (Phi) is 5.34. The van der Waals surface area contributed by atoms with Crippen molar-refractivity contribution in [3.8, 4) is 0 Å². The fourth-order valence-corrected chi connectivity index (χ4v) is 3.76. The van der Waals surface area contributed by atoms with Gasteiger partial charge in [0.2, 0.25) is 5.91 Å². The van der Waals surface area contributed by atoms with E-state index in [1.165, 1.54) is 0 Å². The fourth-order valence-electron chi connectivity index (χ4n) is 3.76. The molecule has 1 saturated carbocycles. The zero-order valence-electron chi connectivity index (χ0n) is 13.7. The number of benzene rings is 1. The number of amides is 1. The van der Waals surface area contributed by atoms with E-state index in [2.05, 4.69) is 0 Å². The van der Waals surface area contributed by atoms with Crippen LogP contribution in [0.4, 0.5) is 0 Å². The highest BCUT2D eigenvalue weighted by molar-refractivity contribution is 5.79. The van der Waals surface area contributed by atoms with Gasteiger partial charge in [-0.3, -0.25) is 4.79 Å². The van der Waals surface area contributed by atoms with Gasteiger partial charge >= 0.3 is 0 Å². The summed E-state index contributed by atoms with van der Waals surface area (Å²) in [6.07, 6.45) is 5.54. The van der Waals surface area contributed by atoms with Gasteiger partial charge in [-0.25, -0.2) is 0 Å². The van der Waals surface area contributed by atoms with Crippen molar-refractivity contribution in [3.05, 3.63) is 35.9 Å². The summed E-state index contributed by atoms with van der Waals surface area (Å²) >= 11 is 0. The molecule has 3 rings (SSSR count). The van der Waals surface area contributed by atoms with E-state index in [1.807, 2.05) is 35.2 Å². The Hall–Kier alpha value is -1.39.